The molecule has 0 aliphatic rings. The first-order chi connectivity index (χ1) is 9.29. The molecule has 3 aromatic heterocycles. The van der Waals surface area contributed by atoms with Crippen molar-refractivity contribution in [1.29, 1.82) is 0 Å². The minimum absolute atomic E-state index is 0.0169. The van der Waals surface area contributed by atoms with Crippen LogP contribution in [-0.4, -0.2) is 31.2 Å². The van der Waals surface area contributed by atoms with Gasteiger partial charge in [0.1, 0.15) is 11.3 Å². The van der Waals surface area contributed by atoms with Gasteiger partial charge >= 0.3 is 0 Å². The van der Waals surface area contributed by atoms with Crippen molar-refractivity contribution < 1.29 is 5.11 Å². The second-order valence-electron chi connectivity index (χ2n) is 4.05. The summed E-state index contributed by atoms with van der Waals surface area (Å²) < 4.78 is 1.86. The highest BCUT2D eigenvalue weighted by molar-refractivity contribution is 6.31. The van der Waals surface area contributed by atoms with Gasteiger partial charge in [0.15, 0.2) is 5.65 Å². The molecular formula is C13H11ClN4O. The molecule has 0 spiro atoms. The summed E-state index contributed by atoms with van der Waals surface area (Å²) in [4.78, 5) is 12.9. The zero-order chi connectivity index (χ0) is 13.2. The summed E-state index contributed by atoms with van der Waals surface area (Å²) in [6.07, 6.45) is 5.01. The summed E-state index contributed by atoms with van der Waals surface area (Å²) in [5.41, 5.74) is 2.29. The largest absolute Gasteiger partial charge is 0.395 e. The second-order valence-corrected chi connectivity index (χ2v) is 4.49. The van der Waals surface area contributed by atoms with Crippen LogP contribution in [0.1, 0.15) is 0 Å². The fourth-order valence-electron chi connectivity index (χ4n) is 2.01. The summed E-state index contributed by atoms with van der Waals surface area (Å²) in [6.45, 7) is 0.443. The molecule has 3 heterocycles. The van der Waals surface area contributed by atoms with Gasteiger partial charge in [0, 0.05) is 30.7 Å². The van der Waals surface area contributed by atoms with Crippen molar-refractivity contribution in [2.45, 2.75) is 6.54 Å². The first-order valence-electron chi connectivity index (χ1n) is 5.82. The van der Waals surface area contributed by atoms with E-state index in [0.29, 0.717) is 22.7 Å². The molecule has 5 nitrogen and oxygen atoms in total. The minimum Gasteiger partial charge on any atom is -0.395 e. The molecule has 0 unspecified atom stereocenters. The Morgan fingerprint density at radius 2 is 2.21 bits per heavy atom. The van der Waals surface area contributed by atoms with Crippen molar-refractivity contribution in [3.05, 3.63) is 41.8 Å². The lowest BCUT2D eigenvalue weighted by Crippen LogP contribution is -2.05. The average Bonchev–Trinajstić information content (AvgIpc) is 2.78. The summed E-state index contributed by atoms with van der Waals surface area (Å²) in [7, 11) is 0. The van der Waals surface area contributed by atoms with Gasteiger partial charge in [0.25, 0.3) is 0 Å². The number of hydrogen-bond donors (Lipinski definition) is 1. The molecule has 0 saturated heterocycles. The van der Waals surface area contributed by atoms with E-state index in [9.17, 15) is 5.11 Å². The zero-order valence-electron chi connectivity index (χ0n) is 9.99. The van der Waals surface area contributed by atoms with Gasteiger partial charge < -0.3 is 9.67 Å². The molecule has 0 atom stereocenters. The lowest BCUT2D eigenvalue weighted by Gasteiger charge is -2.06. The number of pyridine rings is 2. The maximum absolute atomic E-state index is 9.21. The first-order valence-corrected chi connectivity index (χ1v) is 6.20. The number of fused-ring (bicyclic) bond motifs is 1. The van der Waals surface area contributed by atoms with E-state index in [0.717, 1.165) is 11.4 Å². The number of aliphatic hydroxyl groups excluding tert-OH is 1. The Hall–Kier alpha value is -1.98. The second kappa shape index (κ2) is 4.95. The monoisotopic (exact) mass is 274 g/mol. The predicted octanol–water partition coefficient (Wildman–Crippen LogP) is 2.14. The standard InChI is InChI=1S/C13H11ClN4O/c14-10-6-11-13(16-8-10)18(4-5-19)12(17-11)9-2-1-3-15-7-9/h1-3,6-8,19H,4-5H2. The van der Waals surface area contributed by atoms with Gasteiger partial charge in [-0.05, 0) is 18.2 Å². The fraction of sp³-hybridized carbons (Fsp3) is 0.154. The molecule has 6 heteroatoms. The lowest BCUT2D eigenvalue weighted by molar-refractivity contribution is 0.278. The summed E-state index contributed by atoms with van der Waals surface area (Å²) >= 11 is 5.93. The minimum atomic E-state index is 0.0169. The number of hydrogen-bond acceptors (Lipinski definition) is 4. The van der Waals surface area contributed by atoms with Crippen molar-refractivity contribution in [3.63, 3.8) is 0 Å². The van der Waals surface area contributed by atoms with Crippen LogP contribution in [0, 0.1) is 0 Å². The van der Waals surface area contributed by atoms with Crippen molar-refractivity contribution in [2.75, 3.05) is 6.61 Å². The third-order valence-corrected chi connectivity index (χ3v) is 3.00. The zero-order valence-corrected chi connectivity index (χ0v) is 10.7. The predicted molar refractivity (Wildman–Crippen MR) is 72.9 cm³/mol. The third-order valence-electron chi connectivity index (χ3n) is 2.79. The van der Waals surface area contributed by atoms with E-state index in [1.165, 1.54) is 0 Å². The van der Waals surface area contributed by atoms with E-state index in [-0.39, 0.29) is 6.61 Å². The van der Waals surface area contributed by atoms with Crippen LogP contribution in [0.5, 0.6) is 0 Å². The van der Waals surface area contributed by atoms with Gasteiger partial charge in [0.2, 0.25) is 0 Å². The molecule has 96 valence electrons. The molecule has 3 rings (SSSR count). The first kappa shape index (κ1) is 12.1. The number of nitrogens with zero attached hydrogens (tertiary/aromatic N) is 4. The van der Waals surface area contributed by atoms with Crippen molar-refractivity contribution >= 4 is 22.8 Å². The molecule has 0 saturated carbocycles. The number of rotatable bonds is 3. The van der Waals surface area contributed by atoms with Crippen LogP contribution in [0.25, 0.3) is 22.6 Å². The Kier molecular flexibility index (Phi) is 3.15. The molecule has 0 aliphatic carbocycles. The number of aromatic nitrogens is 4. The van der Waals surface area contributed by atoms with Gasteiger partial charge in [-0.2, -0.15) is 0 Å². The molecule has 0 fully saturated rings. The van der Waals surface area contributed by atoms with Crippen molar-refractivity contribution in [2.24, 2.45) is 0 Å². The molecule has 0 bridgehead atoms. The third kappa shape index (κ3) is 2.18. The Balaban J connectivity index is 2.26. The van der Waals surface area contributed by atoms with Crippen LogP contribution >= 0.6 is 11.6 Å². The normalized spacial score (nSPS) is 11.1. The van der Waals surface area contributed by atoms with Crippen molar-refractivity contribution in [3.8, 4) is 11.4 Å². The van der Waals surface area contributed by atoms with Crippen LogP contribution in [0.2, 0.25) is 5.02 Å². The number of imidazole rings is 1. The van der Waals surface area contributed by atoms with Gasteiger partial charge in [-0.1, -0.05) is 11.6 Å². The number of halogens is 1. The topological polar surface area (TPSA) is 63.8 Å². The van der Waals surface area contributed by atoms with Gasteiger partial charge in [0.05, 0.1) is 11.6 Å². The number of aliphatic hydroxyl groups is 1. The van der Waals surface area contributed by atoms with Gasteiger partial charge in [-0.25, -0.2) is 9.97 Å². The highest BCUT2D eigenvalue weighted by atomic mass is 35.5. The lowest BCUT2D eigenvalue weighted by atomic mass is 10.3. The van der Waals surface area contributed by atoms with Gasteiger partial charge in [-0.3, -0.25) is 4.98 Å². The molecule has 0 radical (unpaired) electrons. The molecular weight excluding hydrogens is 264 g/mol. The molecule has 3 aromatic rings. The Morgan fingerprint density at radius 1 is 1.32 bits per heavy atom. The van der Waals surface area contributed by atoms with Gasteiger partial charge in [-0.15, -0.1) is 0 Å². The maximum atomic E-state index is 9.21. The van der Waals surface area contributed by atoms with Crippen LogP contribution in [-0.2, 0) is 6.54 Å². The van der Waals surface area contributed by atoms with E-state index in [1.54, 1.807) is 24.7 Å². The highest BCUT2D eigenvalue weighted by Gasteiger charge is 2.13. The van der Waals surface area contributed by atoms with Crippen LogP contribution in [0.4, 0.5) is 0 Å². The molecule has 0 aromatic carbocycles. The van der Waals surface area contributed by atoms with E-state index in [4.69, 9.17) is 11.6 Å². The van der Waals surface area contributed by atoms with E-state index >= 15 is 0 Å². The SMILES string of the molecule is OCCn1c(-c2cccnc2)nc2cc(Cl)cnc21. The summed E-state index contributed by atoms with van der Waals surface area (Å²) in [5, 5.41) is 9.75. The highest BCUT2D eigenvalue weighted by Crippen LogP contribution is 2.24. The van der Waals surface area contributed by atoms with Crippen LogP contribution in [0.3, 0.4) is 0 Å². The maximum Gasteiger partial charge on any atom is 0.160 e. The van der Waals surface area contributed by atoms with Crippen molar-refractivity contribution in [1.82, 2.24) is 19.5 Å². The summed E-state index contributed by atoms with van der Waals surface area (Å²) in [6, 6.07) is 5.53. The molecule has 19 heavy (non-hydrogen) atoms. The van der Waals surface area contributed by atoms with E-state index in [1.807, 2.05) is 16.7 Å². The molecule has 0 amide bonds. The quantitative estimate of drug-likeness (QED) is 0.795. The van der Waals surface area contributed by atoms with Crippen LogP contribution < -0.4 is 0 Å². The Bertz CT molecular complexity index is 711. The van der Waals surface area contributed by atoms with Crippen LogP contribution in [0.15, 0.2) is 36.8 Å². The smallest absolute Gasteiger partial charge is 0.160 e. The van der Waals surface area contributed by atoms with E-state index in [2.05, 4.69) is 15.0 Å². The van der Waals surface area contributed by atoms with E-state index < -0.39 is 0 Å². The molecule has 0 aliphatic heterocycles. The Morgan fingerprint density at radius 3 is 2.95 bits per heavy atom. The average molecular weight is 275 g/mol. The Labute approximate surface area is 114 Å². The molecule has 1 N–H and O–H groups in total. The fourth-order valence-corrected chi connectivity index (χ4v) is 2.17. The summed E-state index contributed by atoms with van der Waals surface area (Å²) in [5.74, 6) is 0.729.